The molecule has 0 radical (unpaired) electrons. The zero-order valence-electron chi connectivity index (χ0n) is 12.3. The lowest BCUT2D eigenvalue weighted by Gasteiger charge is -2.32. The van der Waals surface area contributed by atoms with Gasteiger partial charge in [-0.05, 0) is 31.5 Å². The van der Waals surface area contributed by atoms with E-state index in [1.807, 2.05) is 12.1 Å². The zero-order chi connectivity index (χ0) is 14.8. The summed E-state index contributed by atoms with van der Waals surface area (Å²) in [5, 5.41) is 0.672. The van der Waals surface area contributed by atoms with Gasteiger partial charge >= 0.3 is 0 Å². The summed E-state index contributed by atoms with van der Waals surface area (Å²) in [5.41, 5.74) is 1.71. The molecule has 2 heterocycles. The number of morpholine rings is 1. The molecule has 1 aromatic rings. The number of Topliss-reactive ketones (excluding diaryl/α,β-unsaturated/α-hetero) is 1. The van der Waals surface area contributed by atoms with Gasteiger partial charge in [0.05, 0.1) is 23.9 Å². The van der Waals surface area contributed by atoms with E-state index in [0.717, 1.165) is 51.5 Å². The van der Waals surface area contributed by atoms with Crippen molar-refractivity contribution < 1.29 is 9.53 Å². The molecule has 3 rings (SSSR count). The van der Waals surface area contributed by atoms with Crippen molar-refractivity contribution in [1.29, 1.82) is 0 Å². The van der Waals surface area contributed by atoms with Crippen LogP contribution in [0.15, 0.2) is 18.2 Å². The molecule has 0 N–H and O–H groups in total. The molecule has 1 atom stereocenters. The van der Waals surface area contributed by atoms with Crippen LogP contribution in [0, 0.1) is 0 Å². The SMILES string of the molecule is CC(=O)c1ccc(N2CCC(N3CCOCC3)C2)c(Cl)c1. The second kappa shape index (κ2) is 6.34. The average Bonchev–Trinajstić information content (AvgIpc) is 2.97. The third-order valence-corrected chi connectivity index (χ3v) is 4.72. The van der Waals surface area contributed by atoms with E-state index in [0.29, 0.717) is 16.6 Å². The fourth-order valence-corrected chi connectivity index (χ4v) is 3.48. The molecular formula is C16H21ClN2O2. The molecular weight excluding hydrogens is 288 g/mol. The van der Waals surface area contributed by atoms with Crippen LogP contribution in [0.3, 0.4) is 0 Å². The Morgan fingerprint density at radius 2 is 2.05 bits per heavy atom. The minimum absolute atomic E-state index is 0.0519. The van der Waals surface area contributed by atoms with Crippen LogP contribution in [0.5, 0.6) is 0 Å². The average molecular weight is 309 g/mol. The molecule has 0 bridgehead atoms. The van der Waals surface area contributed by atoms with E-state index >= 15 is 0 Å². The van der Waals surface area contributed by atoms with Crippen molar-refractivity contribution >= 4 is 23.1 Å². The summed E-state index contributed by atoms with van der Waals surface area (Å²) in [5.74, 6) is 0.0519. The second-order valence-electron chi connectivity index (χ2n) is 5.76. The largest absolute Gasteiger partial charge is 0.379 e. The van der Waals surface area contributed by atoms with Crippen LogP contribution in [0.4, 0.5) is 5.69 Å². The molecule has 2 saturated heterocycles. The molecule has 2 fully saturated rings. The van der Waals surface area contributed by atoms with Gasteiger partial charge in [-0.2, -0.15) is 0 Å². The summed E-state index contributed by atoms with van der Waals surface area (Å²) in [6, 6.07) is 6.20. The van der Waals surface area contributed by atoms with Gasteiger partial charge in [-0.1, -0.05) is 11.6 Å². The van der Waals surface area contributed by atoms with Crippen molar-refractivity contribution in [2.24, 2.45) is 0 Å². The fraction of sp³-hybridized carbons (Fsp3) is 0.562. The van der Waals surface area contributed by atoms with E-state index in [2.05, 4.69) is 9.80 Å². The van der Waals surface area contributed by atoms with E-state index in [-0.39, 0.29) is 5.78 Å². The lowest BCUT2D eigenvalue weighted by atomic mass is 10.1. The highest BCUT2D eigenvalue weighted by atomic mass is 35.5. The number of anilines is 1. The van der Waals surface area contributed by atoms with Crippen LogP contribution in [0.25, 0.3) is 0 Å². The summed E-state index contributed by atoms with van der Waals surface area (Å²) in [7, 11) is 0. The highest BCUT2D eigenvalue weighted by Gasteiger charge is 2.29. The topological polar surface area (TPSA) is 32.8 Å². The first-order valence-electron chi connectivity index (χ1n) is 7.52. The van der Waals surface area contributed by atoms with Crippen molar-refractivity contribution in [2.45, 2.75) is 19.4 Å². The number of nitrogens with zero attached hydrogens (tertiary/aromatic N) is 2. The lowest BCUT2D eigenvalue weighted by Crippen LogP contribution is -2.44. The Kier molecular flexibility index (Phi) is 4.48. The third kappa shape index (κ3) is 3.23. The first kappa shape index (κ1) is 14.8. The third-order valence-electron chi connectivity index (χ3n) is 4.42. The minimum Gasteiger partial charge on any atom is -0.379 e. The number of rotatable bonds is 3. The molecule has 114 valence electrons. The van der Waals surface area contributed by atoms with Crippen LogP contribution in [-0.4, -0.2) is 56.1 Å². The van der Waals surface area contributed by atoms with Crippen LogP contribution < -0.4 is 4.90 Å². The highest BCUT2D eigenvalue weighted by molar-refractivity contribution is 6.33. The predicted octanol–water partition coefficient (Wildman–Crippen LogP) is 2.45. The summed E-state index contributed by atoms with van der Waals surface area (Å²) in [6.45, 7) is 7.30. The van der Waals surface area contributed by atoms with Crippen LogP contribution in [0.1, 0.15) is 23.7 Å². The standard InChI is InChI=1S/C16H21ClN2O2/c1-12(20)13-2-3-16(15(17)10-13)19-5-4-14(11-19)18-6-8-21-9-7-18/h2-3,10,14H,4-9,11H2,1H3. The van der Waals surface area contributed by atoms with Gasteiger partial charge in [0.2, 0.25) is 0 Å². The Labute approximate surface area is 130 Å². The van der Waals surface area contributed by atoms with Crippen LogP contribution in [-0.2, 0) is 4.74 Å². The lowest BCUT2D eigenvalue weighted by molar-refractivity contribution is 0.0209. The monoisotopic (exact) mass is 308 g/mol. The smallest absolute Gasteiger partial charge is 0.159 e. The Hall–Kier alpha value is -1.10. The number of benzene rings is 1. The molecule has 1 aromatic carbocycles. The van der Waals surface area contributed by atoms with Gasteiger partial charge in [0.25, 0.3) is 0 Å². The van der Waals surface area contributed by atoms with Crippen molar-refractivity contribution in [3.05, 3.63) is 28.8 Å². The molecule has 0 amide bonds. The van der Waals surface area contributed by atoms with Crippen molar-refractivity contribution in [3.63, 3.8) is 0 Å². The number of ketones is 1. The van der Waals surface area contributed by atoms with E-state index in [4.69, 9.17) is 16.3 Å². The number of hydrogen-bond donors (Lipinski definition) is 0. The first-order valence-corrected chi connectivity index (χ1v) is 7.90. The fourth-order valence-electron chi connectivity index (χ4n) is 3.18. The van der Waals surface area contributed by atoms with Crippen molar-refractivity contribution in [2.75, 3.05) is 44.3 Å². The molecule has 0 saturated carbocycles. The van der Waals surface area contributed by atoms with Gasteiger partial charge in [-0.15, -0.1) is 0 Å². The van der Waals surface area contributed by atoms with Gasteiger partial charge in [0.1, 0.15) is 0 Å². The molecule has 0 aliphatic carbocycles. The molecule has 5 heteroatoms. The van der Waals surface area contributed by atoms with E-state index in [1.165, 1.54) is 0 Å². The first-order chi connectivity index (χ1) is 10.1. The predicted molar refractivity (Wildman–Crippen MR) is 84.5 cm³/mol. The number of ether oxygens (including phenoxy) is 1. The second-order valence-corrected chi connectivity index (χ2v) is 6.17. The Morgan fingerprint density at radius 1 is 1.29 bits per heavy atom. The number of hydrogen-bond acceptors (Lipinski definition) is 4. The molecule has 0 aromatic heterocycles. The summed E-state index contributed by atoms with van der Waals surface area (Å²) in [4.78, 5) is 16.2. The van der Waals surface area contributed by atoms with Gasteiger partial charge in [-0.3, -0.25) is 9.69 Å². The van der Waals surface area contributed by atoms with E-state index in [9.17, 15) is 4.79 Å². The molecule has 2 aliphatic rings. The van der Waals surface area contributed by atoms with Crippen LogP contribution >= 0.6 is 11.6 Å². The van der Waals surface area contributed by atoms with Crippen molar-refractivity contribution in [1.82, 2.24) is 4.90 Å². The Balaban J connectivity index is 1.69. The number of carbonyl (C=O) groups is 1. The van der Waals surface area contributed by atoms with Crippen molar-refractivity contribution in [3.8, 4) is 0 Å². The number of carbonyl (C=O) groups excluding carboxylic acids is 1. The van der Waals surface area contributed by atoms with E-state index in [1.54, 1.807) is 13.0 Å². The summed E-state index contributed by atoms with van der Waals surface area (Å²) in [6.07, 6.45) is 1.16. The number of halogens is 1. The molecule has 1 unspecified atom stereocenters. The minimum atomic E-state index is 0.0519. The maximum atomic E-state index is 11.4. The maximum absolute atomic E-state index is 11.4. The normalized spacial score (nSPS) is 23.5. The molecule has 21 heavy (non-hydrogen) atoms. The maximum Gasteiger partial charge on any atom is 0.159 e. The Morgan fingerprint density at radius 3 is 2.71 bits per heavy atom. The van der Waals surface area contributed by atoms with Gasteiger partial charge in [0, 0.05) is 37.8 Å². The quantitative estimate of drug-likeness (QED) is 0.803. The van der Waals surface area contributed by atoms with Gasteiger partial charge in [0.15, 0.2) is 5.78 Å². The molecule has 0 spiro atoms. The zero-order valence-corrected chi connectivity index (χ0v) is 13.1. The Bertz CT molecular complexity index is 529. The summed E-state index contributed by atoms with van der Waals surface area (Å²) < 4.78 is 5.42. The van der Waals surface area contributed by atoms with Gasteiger partial charge in [-0.25, -0.2) is 0 Å². The highest BCUT2D eigenvalue weighted by Crippen LogP contribution is 2.31. The van der Waals surface area contributed by atoms with Gasteiger partial charge < -0.3 is 9.64 Å². The molecule has 2 aliphatic heterocycles. The molecule has 4 nitrogen and oxygen atoms in total. The summed E-state index contributed by atoms with van der Waals surface area (Å²) >= 11 is 6.36. The van der Waals surface area contributed by atoms with E-state index < -0.39 is 0 Å². The van der Waals surface area contributed by atoms with Crippen LogP contribution in [0.2, 0.25) is 5.02 Å².